The number of hydrogen-bond donors (Lipinski definition) is 3. The molecule has 0 spiro atoms. The fraction of sp³-hybridized carbons (Fsp3) is 0.227. The molecular weight excluding hydrogens is 446 g/mol. The number of rotatable bonds is 4. The van der Waals surface area contributed by atoms with E-state index in [1.807, 2.05) is 42.5 Å². The standard InChI is InChI=1S/C22H23N5O3S2/c28-21(25-26-22(31)24-18-10-2-1-3-11-18)17-9-6-14-27(15-17)32(29,30)19-12-4-7-16-8-5-13-23-20(16)19/h1-5,7-8,10-13,17H,6,9,14-15H2,(H,25,28)(H2,24,26,31)/t17-/m1/s1. The number of hydrogen-bond acceptors (Lipinski definition) is 5. The monoisotopic (exact) mass is 469 g/mol. The van der Waals surface area contributed by atoms with Gasteiger partial charge in [-0.1, -0.05) is 36.4 Å². The minimum atomic E-state index is -3.79. The molecule has 10 heteroatoms. The van der Waals surface area contributed by atoms with Gasteiger partial charge in [-0.25, -0.2) is 8.42 Å². The summed E-state index contributed by atoms with van der Waals surface area (Å²) >= 11 is 5.20. The van der Waals surface area contributed by atoms with Crippen molar-refractivity contribution in [3.63, 3.8) is 0 Å². The van der Waals surface area contributed by atoms with E-state index in [1.165, 1.54) is 4.31 Å². The number of para-hydroxylation sites is 2. The van der Waals surface area contributed by atoms with Crippen LogP contribution in [0.1, 0.15) is 12.8 Å². The van der Waals surface area contributed by atoms with Gasteiger partial charge in [0.1, 0.15) is 4.90 Å². The minimum absolute atomic E-state index is 0.0952. The summed E-state index contributed by atoms with van der Waals surface area (Å²) in [6.07, 6.45) is 2.75. The first-order valence-electron chi connectivity index (χ1n) is 10.2. The van der Waals surface area contributed by atoms with Gasteiger partial charge in [0.15, 0.2) is 5.11 Å². The molecule has 166 valence electrons. The summed E-state index contributed by atoms with van der Waals surface area (Å²) in [5, 5.41) is 3.96. The molecule has 1 aliphatic rings. The maximum Gasteiger partial charge on any atom is 0.245 e. The number of nitrogens with one attached hydrogen (secondary N) is 3. The van der Waals surface area contributed by atoms with Crippen molar-refractivity contribution in [2.75, 3.05) is 18.4 Å². The van der Waals surface area contributed by atoms with E-state index in [2.05, 4.69) is 21.2 Å². The van der Waals surface area contributed by atoms with Crippen molar-refractivity contribution in [2.24, 2.45) is 5.92 Å². The molecule has 0 bridgehead atoms. The van der Waals surface area contributed by atoms with Crippen molar-refractivity contribution in [3.05, 3.63) is 66.9 Å². The summed E-state index contributed by atoms with van der Waals surface area (Å²) in [7, 11) is -3.79. The summed E-state index contributed by atoms with van der Waals surface area (Å²) in [6, 6.07) is 18.0. The third-order valence-electron chi connectivity index (χ3n) is 5.30. The molecule has 0 unspecified atom stereocenters. The van der Waals surface area contributed by atoms with Crippen molar-refractivity contribution < 1.29 is 13.2 Å². The predicted molar refractivity (Wildman–Crippen MR) is 127 cm³/mol. The molecule has 3 N–H and O–H groups in total. The van der Waals surface area contributed by atoms with E-state index in [-0.39, 0.29) is 22.5 Å². The normalized spacial score (nSPS) is 16.9. The highest BCUT2D eigenvalue weighted by atomic mass is 32.2. The highest BCUT2D eigenvalue weighted by Crippen LogP contribution is 2.27. The van der Waals surface area contributed by atoms with Crippen molar-refractivity contribution in [1.29, 1.82) is 0 Å². The van der Waals surface area contributed by atoms with Crippen LogP contribution in [0, 0.1) is 5.92 Å². The molecule has 1 amide bonds. The summed E-state index contributed by atoms with van der Waals surface area (Å²) in [5.41, 5.74) is 6.49. The zero-order valence-corrected chi connectivity index (χ0v) is 18.8. The van der Waals surface area contributed by atoms with Gasteiger partial charge in [0.25, 0.3) is 0 Å². The smallest absolute Gasteiger partial charge is 0.245 e. The van der Waals surface area contributed by atoms with Gasteiger partial charge in [0.2, 0.25) is 15.9 Å². The summed E-state index contributed by atoms with van der Waals surface area (Å²) in [6.45, 7) is 0.453. The number of pyridine rings is 1. The number of carbonyl (C=O) groups excluding carboxylic acids is 1. The van der Waals surface area contributed by atoms with E-state index in [9.17, 15) is 13.2 Å². The predicted octanol–water partition coefficient (Wildman–Crippen LogP) is 2.65. The summed E-state index contributed by atoms with van der Waals surface area (Å²) < 4.78 is 28.1. The number of amides is 1. The Balaban J connectivity index is 1.41. The molecule has 1 atom stereocenters. The van der Waals surface area contributed by atoms with Gasteiger partial charge in [-0.3, -0.25) is 20.6 Å². The van der Waals surface area contributed by atoms with Crippen molar-refractivity contribution in [3.8, 4) is 0 Å². The quantitative estimate of drug-likeness (QED) is 0.399. The van der Waals surface area contributed by atoms with E-state index in [4.69, 9.17) is 12.2 Å². The Morgan fingerprint density at radius 3 is 2.62 bits per heavy atom. The van der Waals surface area contributed by atoms with Crippen LogP contribution < -0.4 is 16.2 Å². The lowest BCUT2D eigenvalue weighted by Crippen LogP contribution is -2.50. The average Bonchev–Trinajstić information content (AvgIpc) is 2.83. The van der Waals surface area contributed by atoms with Crippen LogP contribution >= 0.6 is 12.2 Å². The molecule has 0 aliphatic carbocycles. The van der Waals surface area contributed by atoms with E-state index in [1.54, 1.807) is 24.4 Å². The largest absolute Gasteiger partial charge is 0.331 e. The van der Waals surface area contributed by atoms with Crippen LogP contribution in [0.4, 0.5) is 5.69 Å². The number of carbonyl (C=O) groups is 1. The van der Waals surface area contributed by atoms with Crippen molar-refractivity contribution in [2.45, 2.75) is 17.7 Å². The maximum absolute atomic E-state index is 13.3. The molecule has 0 saturated carbocycles. The zero-order valence-electron chi connectivity index (χ0n) is 17.2. The number of hydrazine groups is 1. The molecule has 2 heterocycles. The SMILES string of the molecule is O=C(NNC(=S)Nc1ccccc1)[C@@H]1CCCN(S(=O)(=O)c2cccc3cccnc23)C1. The van der Waals surface area contributed by atoms with Gasteiger partial charge in [-0.15, -0.1) is 0 Å². The minimum Gasteiger partial charge on any atom is -0.331 e. The fourth-order valence-corrected chi connectivity index (χ4v) is 5.56. The molecule has 3 aromatic rings. The number of sulfonamides is 1. The van der Waals surface area contributed by atoms with Gasteiger partial charge >= 0.3 is 0 Å². The van der Waals surface area contributed by atoms with Crippen LogP contribution in [-0.2, 0) is 14.8 Å². The lowest BCUT2D eigenvalue weighted by Gasteiger charge is -2.31. The van der Waals surface area contributed by atoms with Gasteiger partial charge < -0.3 is 5.32 Å². The molecule has 32 heavy (non-hydrogen) atoms. The second kappa shape index (κ2) is 9.60. The van der Waals surface area contributed by atoms with Gasteiger partial charge in [0.05, 0.1) is 11.4 Å². The maximum atomic E-state index is 13.3. The number of aromatic nitrogens is 1. The second-order valence-electron chi connectivity index (χ2n) is 7.47. The Morgan fingerprint density at radius 2 is 1.81 bits per heavy atom. The number of piperidine rings is 1. The Morgan fingerprint density at radius 1 is 1.03 bits per heavy atom. The zero-order chi connectivity index (χ0) is 22.6. The molecular formula is C22H23N5O3S2. The Bertz CT molecular complexity index is 1230. The third kappa shape index (κ3) is 4.87. The molecule has 1 fully saturated rings. The summed E-state index contributed by atoms with van der Waals surface area (Å²) in [5.74, 6) is -0.799. The Kier molecular flexibility index (Phi) is 6.63. The number of fused-ring (bicyclic) bond motifs is 1. The first kappa shape index (κ1) is 22.1. The fourth-order valence-electron chi connectivity index (χ4n) is 3.70. The van der Waals surface area contributed by atoms with Crippen LogP contribution in [0.25, 0.3) is 10.9 Å². The van der Waals surface area contributed by atoms with Crippen LogP contribution in [0.5, 0.6) is 0 Å². The van der Waals surface area contributed by atoms with E-state index < -0.39 is 15.9 Å². The highest BCUT2D eigenvalue weighted by Gasteiger charge is 2.34. The number of thiocarbonyl (C=S) groups is 1. The van der Waals surface area contributed by atoms with Crippen LogP contribution in [-0.4, -0.2) is 41.8 Å². The third-order valence-corrected chi connectivity index (χ3v) is 7.40. The lowest BCUT2D eigenvalue weighted by molar-refractivity contribution is -0.126. The van der Waals surface area contributed by atoms with Gasteiger partial charge in [0, 0.05) is 30.4 Å². The van der Waals surface area contributed by atoms with E-state index >= 15 is 0 Å². The van der Waals surface area contributed by atoms with Crippen LogP contribution in [0.2, 0.25) is 0 Å². The van der Waals surface area contributed by atoms with Crippen molar-refractivity contribution in [1.82, 2.24) is 20.1 Å². The van der Waals surface area contributed by atoms with Gasteiger partial charge in [-0.2, -0.15) is 4.31 Å². The van der Waals surface area contributed by atoms with Gasteiger partial charge in [-0.05, 0) is 49.3 Å². The number of nitrogens with zero attached hydrogens (tertiary/aromatic N) is 2. The topological polar surface area (TPSA) is 103 Å². The number of benzene rings is 2. The molecule has 0 radical (unpaired) electrons. The van der Waals surface area contributed by atoms with Crippen molar-refractivity contribution >= 4 is 49.9 Å². The molecule has 1 aromatic heterocycles. The number of anilines is 1. The first-order valence-corrected chi connectivity index (χ1v) is 12.1. The lowest BCUT2D eigenvalue weighted by atomic mass is 9.99. The second-order valence-corrected chi connectivity index (χ2v) is 9.78. The van der Waals surface area contributed by atoms with E-state index in [0.29, 0.717) is 24.9 Å². The molecule has 1 saturated heterocycles. The molecule has 8 nitrogen and oxygen atoms in total. The van der Waals surface area contributed by atoms with Crippen LogP contribution in [0.15, 0.2) is 71.8 Å². The van der Waals surface area contributed by atoms with E-state index in [0.717, 1.165) is 11.1 Å². The summed E-state index contributed by atoms with van der Waals surface area (Å²) in [4.78, 5) is 17.1. The highest BCUT2D eigenvalue weighted by molar-refractivity contribution is 7.89. The average molecular weight is 470 g/mol. The molecule has 1 aliphatic heterocycles. The first-order chi connectivity index (χ1) is 15.4. The van der Waals surface area contributed by atoms with Crippen LogP contribution in [0.3, 0.4) is 0 Å². The molecule has 2 aromatic carbocycles. The Labute approximate surface area is 192 Å². The molecule has 4 rings (SSSR count). The Hall–Kier alpha value is -3.08.